The third kappa shape index (κ3) is 6.08. The Bertz CT molecular complexity index is 846. The molecule has 0 aromatic heterocycles. The molecule has 28 heavy (non-hydrogen) atoms. The molecular formula is C20H18F2O6. The van der Waals surface area contributed by atoms with Crippen LogP contribution in [0.5, 0.6) is 17.2 Å². The summed E-state index contributed by atoms with van der Waals surface area (Å²) in [6.45, 7) is -3.43. The number of ether oxygens (including phenoxy) is 4. The van der Waals surface area contributed by atoms with Crippen LogP contribution in [0.15, 0.2) is 48.5 Å². The van der Waals surface area contributed by atoms with E-state index in [0.717, 1.165) is 6.08 Å². The Morgan fingerprint density at radius 3 is 2.29 bits per heavy atom. The van der Waals surface area contributed by atoms with Crippen LogP contribution in [0.25, 0.3) is 6.08 Å². The van der Waals surface area contributed by atoms with Gasteiger partial charge in [-0.15, -0.1) is 0 Å². The Morgan fingerprint density at radius 1 is 1.00 bits per heavy atom. The molecule has 0 N–H and O–H groups in total. The largest absolute Gasteiger partial charge is 0.497 e. The van der Waals surface area contributed by atoms with Gasteiger partial charge in [0, 0.05) is 23.3 Å². The molecule has 0 unspecified atom stereocenters. The van der Waals surface area contributed by atoms with Crippen LogP contribution >= 0.6 is 0 Å². The lowest BCUT2D eigenvalue weighted by atomic mass is 10.1. The maximum atomic E-state index is 12.1. The van der Waals surface area contributed by atoms with Crippen LogP contribution in [0, 0.1) is 0 Å². The Labute approximate surface area is 160 Å². The number of hydrogen-bond donors (Lipinski definition) is 0. The van der Waals surface area contributed by atoms with Crippen molar-refractivity contribution in [1.29, 1.82) is 0 Å². The molecule has 0 heterocycles. The third-order valence-electron chi connectivity index (χ3n) is 3.59. The molecule has 2 aromatic carbocycles. The predicted octanol–water partition coefficient (Wildman–Crippen LogP) is 3.74. The number of hydrogen-bond acceptors (Lipinski definition) is 6. The lowest BCUT2D eigenvalue weighted by Crippen LogP contribution is -2.12. The summed E-state index contributed by atoms with van der Waals surface area (Å²) in [7, 11) is 3.01. The second-order valence-corrected chi connectivity index (χ2v) is 5.37. The SMILES string of the molecule is COc1ccc(/C=C/C(=O)OCC(=O)c2ccc(OC(F)F)cc2)c(OC)c1. The summed E-state index contributed by atoms with van der Waals surface area (Å²) in [6.07, 6.45) is 2.65. The molecule has 0 amide bonds. The number of halogens is 2. The maximum Gasteiger partial charge on any atom is 0.387 e. The molecule has 0 saturated heterocycles. The molecule has 0 saturated carbocycles. The van der Waals surface area contributed by atoms with Crippen molar-refractivity contribution in [3.8, 4) is 17.2 Å². The molecule has 8 heteroatoms. The fraction of sp³-hybridized carbons (Fsp3) is 0.200. The first-order valence-corrected chi connectivity index (χ1v) is 8.08. The Hall–Kier alpha value is -3.42. The van der Waals surface area contributed by atoms with Gasteiger partial charge in [0.05, 0.1) is 14.2 Å². The van der Waals surface area contributed by atoms with Gasteiger partial charge in [0.1, 0.15) is 17.2 Å². The number of alkyl halides is 2. The average Bonchev–Trinajstić information content (AvgIpc) is 2.70. The van der Waals surface area contributed by atoms with E-state index in [-0.39, 0.29) is 11.3 Å². The topological polar surface area (TPSA) is 71.1 Å². The van der Waals surface area contributed by atoms with Crippen molar-refractivity contribution in [3.63, 3.8) is 0 Å². The van der Waals surface area contributed by atoms with E-state index in [2.05, 4.69) is 4.74 Å². The van der Waals surface area contributed by atoms with Gasteiger partial charge in [-0.3, -0.25) is 4.79 Å². The van der Waals surface area contributed by atoms with Gasteiger partial charge in [-0.25, -0.2) is 4.79 Å². The average molecular weight is 392 g/mol. The number of benzene rings is 2. The number of ketones is 1. The highest BCUT2D eigenvalue weighted by Gasteiger charge is 2.10. The van der Waals surface area contributed by atoms with Gasteiger partial charge in [-0.1, -0.05) is 0 Å². The van der Waals surface area contributed by atoms with Gasteiger partial charge in [0.2, 0.25) is 0 Å². The molecule has 6 nitrogen and oxygen atoms in total. The second kappa shape index (κ2) is 10.1. The van der Waals surface area contributed by atoms with Crippen molar-refractivity contribution in [2.45, 2.75) is 6.61 Å². The maximum absolute atomic E-state index is 12.1. The standard InChI is InChI=1S/C20H18F2O6/c1-25-16-9-5-14(18(11-16)26-2)6-10-19(24)27-12-17(23)13-3-7-15(8-4-13)28-20(21)22/h3-11,20H,12H2,1-2H3/b10-6+. The van der Waals surface area contributed by atoms with Crippen molar-refractivity contribution in [1.82, 2.24) is 0 Å². The smallest absolute Gasteiger partial charge is 0.387 e. The van der Waals surface area contributed by atoms with Crippen LogP contribution in [-0.2, 0) is 9.53 Å². The van der Waals surface area contributed by atoms with Gasteiger partial charge in [0.25, 0.3) is 0 Å². The molecule has 0 aliphatic carbocycles. The minimum atomic E-state index is -2.95. The lowest BCUT2D eigenvalue weighted by molar-refractivity contribution is -0.136. The van der Waals surface area contributed by atoms with Crippen LogP contribution < -0.4 is 14.2 Å². The Morgan fingerprint density at radius 2 is 1.68 bits per heavy atom. The summed E-state index contributed by atoms with van der Waals surface area (Å²) in [6, 6.07) is 10.2. The summed E-state index contributed by atoms with van der Waals surface area (Å²) >= 11 is 0. The molecular weight excluding hydrogens is 374 g/mol. The van der Waals surface area contributed by atoms with Gasteiger partial charge >= 0.3 is 12.6 Å². The van der Waals surface area contributed by atoms with Gasteiger partial charge < -0.3 is 18.9 Å². The zero-order valence-electron chi connectivity index (χ0n) is 15.2. The van der Waals surface area contributed by atoms with E-state index in [1.165, 1.54) is 44.6 Å². The number of esters is 1. The molecule has 2 rings (SSSR count). The quantitative estimate of drug-likeness (QED) is 0.368. The highest BCUT2D eigenvalue weighted by atomic mass is 19.3. The van der Waals surface area contributed by atoms with Gasteiger partial charge in [-0.2, -0.15) is 8.78 Å². The van der Waals surface area contributed by atoms with Crippen molar-refractivity contribution in [3.05, 3.63) is 59.7 Å². The Balaban J connectivity index is 1.91. The normalized spacial score (nSPS) is 10.8. The van der Waals surface area contributed by atoms with E-state index >= 15 is 0 Å². The van der Waals surface area contributed by atoms with Gasteiger partial charge in [0.15, 0.2) is 12.4 Å². The van der Waals surface area contributed by atoms with E-state index in [0.29, 0.717) is 17.1 Å². The summed E-state index contributed by atoms with van der Waals surface area (Å²) < 4.78 is 43.6. The van der Waals surface area contributed by atoms with Crippen molar-refractivity contribution in [2.24, 2.45) is 0 Å². The van der Waals surface area contributed by atoms with Crippen LogP contribution in [0.1, 0.15) is 15.9 Å². The second-order valence-electron chi connectivity index (χ2n) is 5.37. The molecule has 0 fully saturated rings. The fourth-order valence-corrected chi connectivity index (χ4v) is 2.20. The highest BCUT2D eigenvalue weighted by molar-refractivity contribution is 5.99. The molecule has 148 valence electrons. The fourth-order valence-electron chi connectivity index (χ4n) is 2.20. The van der Waals surface area contributed by atoms with Crippen LogP contribution in [0.2, 0.25) is 0 Å². The predicted molar refractivity (Wildman–Crippen MR) is 96.9 cm³/mol. The first kappa shape index (κ1) is 20.9. The molecule has 0 aliphatic heterocycles. The lowest BCUT2D eigenvalue weighted by Gasteiger charge is -2.07. The van der Waals surface area contributed by atoms with Crippen LogP contribution in [0.4, 0.5) is 8.78 Å². The summed E-state index contributed by atoms with van der Waals surface area (Å²) in [5, 5.41) is 0. The minimum absolute atomic E-state index is 0.0695. The zero-order chi connectivity index (χ0) is 20.5. The molecule has 0 radical (unpaired) electrons. The van der Waals surface area contributed by atoms with Crippen LogP contribution in [-0.4, -0.2) is 39.2 Å². The van der Waals surface area contributed by atoms with Gasteiger partial charge in [-0.05, 0) is 42.5 Å². The van der Waals surface area contributed by atoms with E-state index < -0.39 is 25.0 Å². The molecule has 0 bridgehead atoms. The van der Waals surface area contributed by atoms with Crippen molar-refractivity contribution in [2.75, 3.05) is 20.8 Å². The monoisotopic (exact) mass is 392 g/mol. The van der Waals surface area contributed by atoms with E-state index in [9.17, 15) is 18.4 Å². The van der Waals surface area contributed by atoms with E-state index in [4.69, 9.17) is 14.2 Å². The van der Waals surface area contributed by atoms with Crippen molar-refractivity contribution >= 4 is 17.8 Å². The van der Waals surface area contributed by atoms with E-state index in [1.54, 1.807) is 18.2 Å². The highest BCUT2D eigenvalue weighted by Crippen LogP contribution is 2.25. The summed E-state index contributed by atoms with van der Waals surface area (Å²) in [5.74, 6) is -0.158. The van der Waals surface area contributed by atoms with E-state index in [1.807, 2.05) is 0 Å². The zero-order valence-corrected chi connectivity index (χ0v) is 15.2. The molecule has 0 atom stereocenters. The summed E-state index contributed by atoms with van der Waals surface area (Å²) in [5.41, 5.74) is 0.830. The molecule has 2 aromatic rings. The minimum Gasteiger partial charge on any atom is -0.497 e. The van der Waals surface area contributed by atoms with Crippen molar-refractivity contribution < 1.29 is 37.3 Å². The number of carbonyl (C=O) groups excluding carboxylic acids is 2. The number of carbonyl (C=O) groups is 2. The summed E-state index contributed by atoms with van der Waals surface area (Å²) in [4.78, 5) is 23.8. The number of rotatable bonds is 9. The first-order chi connectivity index (χ1) is 13.4. The first-order valence-electron chi connectivity index (χ1n) is 8.08. The number of methoxy groups -OCH3 is 2. The Kier molecular flexibility index (Phi) is 7.50. The third-order valence-corrected chi connectivity index (χ3v) is 3.59. The molecule has 0 spiro atoms. The molecule has 0 aliphatic rings. The van der Waals surface area contributed by atoms with Crippen LogP contribution in [0.3, 0.4) is 0 Å². The number of Topliss-reactive ketones (excluding diaryl/α,β-unsaturated/α-hetero) is 1.